The third kappa shape index (κ3) is 2.96. The van der Waals surface area contributed by atoms with Crippen LogP contribution in [-0.4, -0.2) is 13.7 Å². The third-order valence-corrected chi connectivity index (χ3v) is 7.55. The molecule has 2 heteroatoms. The van der Waals surface area contributed by atoms with Crippen molar-refractivity contribution in [3.05, 3.63) is 23.3 Å². The van der Waals surface area contributed by atoms with E-state index in [1.165, 1.54) is 50.5 Å². The van der Waals surface area contributed by atoms with Gasteiger partial charge < -0.3 is 9.47 Å². The number of benzene rings is 1. The highest BCUT2D eigenvalue weighted by molar-refractivity contribution is 5.50. The monoisotopic (exact) mass is 342 g/mol. The molecule has 4 atom stereocenters. The van der Waals surface area contributed by atoms with Gasteiger partial charge in [0.05, 0.1) is 13.7 Å². The average Bonchev–Trinajstić information content (AvgIpc) is 3.03. The average molecular weight is 343 g/mol. The van der Waals surface area contributed by atoms with E-state index in [0.717, 1.165) is 48.7 Å². The van der Waals surface area contributed by atoms with E-state index in [1.54, 1.807) is 12.7 Å². The van der Waals surface area contributed by atoms with Crippen molar-refractivity contribution in [2.75, 3.05) is 13.7 Å². The molecule has 2 saturated carbocycles. The van der Waals surface area contributed by atoms with Crippen LogP contribution in [0.2, 0.25) is 0 Å². The predicted molar refractivity (Wildman–Crippen MR) is 103 cm³/mol. The quantitative estimate of drug-likeness (QED) is 0.600. The summed E-state index contributed by atoms with van der Waals surface area (Å²) in [6.07, 6.45) is 12.0. The van der Waals surface area contributed by atoms with Gasteiger partial charge in [0.1, 0.15) is 0 Å². The standard InChI is InChI=1S/C23H34O2/c1-4-5-13-25-22-15-19-16(14-21(22)24-3)8-9-18-17(19)10-12-23(2)11-6-7-20(18)23/h14-15,17-18,20H,4-13H2,1-3H3/t17-,18+,20-,23-/m0/s1. The van der Waals surface area contributed by atoms with Gasteiger partial charge in [0.2, 0.25) is 0 Å². The molecule has 3 aliphatic rings. The van der Waals surface area contributed by atoms with Crippen LogP contribution >= 0.6 is 0 Å². The Kier molecular flexibility index (Phi) is 4.73. The highest BCUT2D eigenvalue weighted by Gasteiger charge is 2.50. The van der Waals surface area contributed by atoms with E-state index in [0.29, 0.717) is 5.41 Å². The summed E-state index contributed by atoms with van der Waals surface area (Å²) in [6, 6.07) is 4.62. The summed E-state index contributed by atoms with van der Waals surface area (Å²) in [6.45, 7) is 5.57. The Hall–Kier alpha value is -1.18. The second-order valence-electron chi connectivity index (χ2n) is 8.90. The number of unbranched alkanes of at least 4 members (excludes halogenated alkanes) is 1. The minimum Gasteiger partial charge on any atom is -0.493 e. The van der Waals surface area contributed by atoms with Gasteiger partial charge in [-0.3, -0.25) is 0 Å². The van der Waals surface area contributed by atoms with E-state index < -0.39 is 0 Å². The van der Waals surface area contributed by atoms with Gasteiger partial charge in [-0.25, -0.2) is 0 Å². The zero-order valence-corrected chi connectivity index (χ0v) is 16.3. The lowest BCUT2D eigenvalue weighted by atomic mass is 9.56. The first kappa shape index (κ1) is 17.2. The SMILES string of the molecule is CCCCOc1cc2c(cc1OC)CC[C@@H]1[C@@H]2CC[C@]2(C)CCC[C@@H]12. The first-order valence-corrected chi connectivity index (χ1v) is 10.5. The number of hydrogen-bond acceptors (Lipinski definition) is 2. The van der Waals surface area contributed by atoms with Crippen LogP contribution in [0.4, 0.5) is 0 Å². The minimum absolute atomic E-state index is 0.631. The van der Waals surface area contributed by atoms with Gasteiger partial charge >= 0.3 is 0 Å². The second-order valence-corrected chi connectivity index (χ2v) is 8.90. The highest BCUT2D eigenvalue weighted by atomic mass is 16.5. The molecule has 1 aromatic carbocycles. The van der Waals surface area contributed by atoms with Crippen molar-refractivity contribution >= 4 is 0 Å². The Morgan fingerprint density at radius 2 is 2.00 bits per heavy atom. The van der Waals surface area contributed by atoms with Gasteiger partial charge in [0.25, 0.3) is 0 Å². The largest absolute Gasteiger partial charge is 0.493 e. The van der Waals surface area contributed by atoms with Crippen LogP contribution in [0.1, 0.15) is 82.3 Å². The molecule has 4 rings (SSSR count). The van der Waals surface area contributed by atoms with Gasteiger partial charge in [-0.05, 0) is 91.4 Å². The molecule has 0 bridgehead atoms. The fourth-order valence-corrected chi connectivity index (χ4v) is 6.17. The molecule has 2 fully saturated rings. The van der Waals surface area contributed by atoms with Gasteiger partial charge in [0.15, 0.2) is 11.5 Å². The summed E-state index contributed by atoms with van der Waals surface area (Å²) in [5.41, 5.74) is 3.73. The maximum atomic E-state index is 6.10. The molecule has 0 N–H and O–H groups in total. The summed E-state index contributed by atoms with van der Waals surface area (Å²) in [5.74, 6) is 4.49. The highest BCUT2D eigenvalue weighted by Crippen LogP contribution is 2.61. The zero-order chi connectivity index (χ0) is 17.4. The molecule has 0 amide bonds. The van der Waals surface area contributed by atoms with E-state index in [1.807, 2.05) is 0 Å². The molecular weight excluding hydrogens is 308 g/mol. The van der Waals surface area contributed by atoms with E-state index in [9.17, 15) is 0 Å². The van der Waals surface area contributed by atoms with Crippen molar-refractivity contribution in [3.63, 3.8) is 0 Å². The zero-order valence-electron chi connectivity index (χ0n) is 16.3. The van der Waals surface area contributed by atoms with E-state index in [4.69, 9.17) is 9.47 Å². The summed E-state index contributed by atoms with van der Waals surface area (Å²) in [7, 11) is 1.77. The third-order valence-electron chi connectivity index (χ3n) is 7.55. The lowest BCUT2D eigenvalue weighted by Crippen LogP contribution is -2.39. The molecule has 1 aromatic rings. The molecule has 0 saturated heterocycles. The molecule has 0 heterocycles. The van der Waals surface area contributed by atoms with Gasteiger partial charge in [-0.15, -0.1) is 0 Å². The van der Waals surface area contributed by atoms with Crippen LogP contribution in [-0.2, 0) is 6.42 Å². The molecule has 2 nitrogen and oxygen atoms in total. The Bertz CT molecular complexity index is 623. The van der Waals surface area contributed by atoms with Crippen molar-refractivity contribution in [1.29, 1.82) is 0 Å². The fourth-order valence-electron chi connectivity index (χ4n) is 6.17. The molecule has 0 spiro atoms. The Balaban J connectivity index is 1.63. The molecule has 0 aliphatic heterocycles. The molecule has 0 aromatic heterocycles. The number of hydrogen-bond donors (Lipinski definition) is 0. The summed E-state index contributed by atoms with van der Waals surface area (Å²) < 4.78 is 11.7. The second kappa shape index (κ2) is 6.85. The Morgan fingerprint density at radius 1 is 1.12 bits per heavy atom. The molecule has 25 heavy (non-hydrogen) atoms. The number of fused-ring (bicyclic) bond motifs is 5. The van der Waals surface area contributed by atoms with Crippen molar-refractivity contribution in [2.45, 2.75) is 77.6 Å². The van der Waals surface area contributed by atoms with Gasteiger partial charge in [0, 0.05) is 0 Å². The topological polar surface area (TPSA) is 18.5 Å². The summed E-state index contributed by atoms with van der Waals surface area (Å²) in [4.78, 5) is 0. The maximum absolute atomic E-state index is 6.10. The lowest BCUT2D eigenvalue weighted by Gasteiger charge is -2.49. The molecule has 0 unspecified atom stereocenters. The molecule has 0 radical (unpaired) electrons. The first-order chi connectivity index (χ1) is 12.2. The van der Waals surface area contributed by atoms with Crippen LogP contribution in [0, 0.1) is 17.3 Å². The Labute approximate surface area is 153 Å². The van der Waals surface area contributed by atoms with Gasteiger partial charge in [-0.1, -0.05) is 26.7 Å². The van der Waals surface area contributed by atoms with Gasteiger partial charge in [-0.2, -0.15) is 0 Å². The van der Waals surface area contributed by atoms with Crippen LogP contribution in [0.25, 0.3) is 0 Å². The predicted octanol–water partition coefficient (Wildman–Crippen LogP) is 6.12. The fraction of sp³-hybridized carbons (Fsp3) is 0.739. The van der Waals surface area contributed by atoms with E-state index in [2.05, 4.69) is 26.0 Å². The molecule has 138 valence electrons. The van der Waals surface area contributed by atoms with E-state index in [-0.39, 0.29) is 0 Å². The first-order valence-electron chi connectivity index (χ1n) is 10.5. The molecule has 3 aliphatic carbocycles. The van der Waals surface area contributed by atoms with Crippen molar-refractivity contribution in [3.8, 4) is 11.5 Å². The summed E-state index contributed by atoms with van der Waals surface area (Å²) >= 11 is 0. The summed E-state index contributed by atoms with van der Waals surface area (Å²) in [5, 5.41) is 0. The van der Waals surface area contributed by atoms with Crippen LogP contribution in [0.15, 0.2) is 12.1 Å². The smallest absolute Gasteiger partial charge is 0.161 e. The number of methoxy groups -OCH3 is 1. The number of aryl methyl sites for hydroxylation is 1. The minimum atomic E-state index is 0.631. The van der Waals surface area contributed by atoms with E-state index >= 15 is 0 Å². The number of ether oxygens (including phenoxy) is 2. The van der Waals surface area contributed by atoms with Crippen LogP contribution in [0.5, 0.6) is 11.5 Å². The molecular formula is C23H34O2. The number of rotatable bonds is 5. The van der Waals surface area contributed by atoms with Crippen molar-refractivity contribution in [2.24, 2.45) is 17.3 Å². The Morgan fingerprint density at radius 3 is 2.80 bits per heavy atom. The lowest BCUT2D eigenvalue weighted by molar-refractivity contribution is 0.0597. The normalized spacial score (nSPS) is 33.3. The van der Waals surface area contributed by atoms with Crippen LogP contribution in [0.3, 0.4) is 0 Å². The maximum Gasteiger partial charge on any atom is 0.161 e. The van der Waals surface area contributed by atoms with Crippen LogP contribution < -0.4 is 9.47 Å². The van der Waals surface area contributed by atoms with Crippen molar-refractivity contribution < 1.29 is 9.47 Å². The van der Waals surface area contributed by atoms with Crippen molar-refractivity contribution in [1.82, 2.24) is 0 Å².